The molecule has 2 atom stereocenters. The van der Waals surface area contributed by atoms with Crippen LogP contribution >= 0.6 is 0 Å². The Morgan fingerprint density at radius 2 is 2.00 bits per heavy atom. The molecule has 0 aliphatic carbocycles. The van der Waals surface area contributed by atoms with E-state index >= 15 is 0 Å². The van der Waals surface area contributed by atoms with E-state index < -0.39 is 0 Å². The largest absolute Gasteiger partial charge is 0.493 e. The molecule has 0 bridgehead atoms. The summed E-state index contributed by atoms with van der Waals surface area (Å²) < 4.78 is 12.7. The maximum absolute atomic E-state index is 13.2. The van der Waals surface area contributed by atoms with E-state index in [1.54, 1.807) is 14.2 Å². The number of ether oxygens (including phenoxy) is 2. The van der Waals surface area contributed by atoms with Crippen LogP contribution in [0.3, 0.4) is 0 Å². The van der Waals surface area contributed by atoms with Crippen molar-refractivity contribution in [2.24, 2.45) is 0 Å². The lowest BCUT2D eigenvalue weighted by atomic mass is 10.0. The summed E-state index contributed by atoms with van der Waals surface area (Å²) in [5.41, 5.74) is 1.59. The number of nitrogens with one attached hydrogen (secondary N) is 1. The van der Waals surface area contributed by atoms with E-state index in [2.05, 4.69) is 10.4 Å². The molecule has 2 unspecified atom stereocenters. The van der Waals surface area contributed by atoms with Crippen LogP contribution in [0.25, 0.3) is 0 Å². The number of piperidine rings is 1. The van der Waals surface area contributed by atoms with Gasteiger partial charge in [-0.1, -0.05) is 6.07 Å². The van der Waals surface area contributed by atoms with Crippen molar-refractivity contribution >= 4 is 5.91 Å². The molecule has 7 heteroatoms. The van der Waals surface area contributed by atoms with Crippen molar-refractivity contribution in [3.05, 3.63) is 41.7 Å². The first-order chi connectivity index (χ1) is 13.7. The van der Waals surface area contributed by atoms with Gasteiger partial charge in [-0.15, -0.1) is 0 Å². The number of rotatable bonds is 5. The average Bonchev–Trinajstić information content (AvgIpc) is 3.43. The highest BCUT2D eigenvalue weighted by molar-refractivity contribution is 5.92. The summed E-state index contributed by atoms with van der Waals surface area (Å²) in [5.74, 6) is 1.38. The van der Waals surface area contributed by atoms with Gasteiger partial charge in [-0.05, 0) is 56.0 Å². The smallest absolute Gasteiger partial charge is 0.274 e. The molecule has 3 heterocycles. The van der Waals surface area contributed by atoms with Crippen LogP contribution in [-0.2, 0) is 0 Å². The zero-order chi connectivity index (χ0) is 19.5. The van der Waals surface area contributed by atoms with E-state index in [-0.39, 0.29) is 11.9 Å². The van der Waals surface area contributed by atoms with Gasteiger partial charge in [0, 0.05) is 19.3 Å². The monoisotopic (exact) mass is 384 g/mol. The molecule has 2 saturated heterocycles. The quantitative estimate of drug-likeness (QED) is 0.859. The Labute approximate surface area is 165 Å². The zero-order valence-corrected chi connectivity index (χ0v) is 16.6. The van der Waals surface area contributed by atoms with Crippen molar-refractivity contribution in [2.75, 3.05) is 33.9 Å². The second-order valence-electron chi connectivity index (χ2n) is 7.45. The first-order valence-electron chi connectivity index (χ1n) is 10.00. The van der Waals surface area contributed by atoms with Crippen molar-refractivity contribution < 1.29 is 14.3 Å². The van der Waals surface area contributed by atoms with Gasteiger partial charge in [-0.2, -0.15) is 5.10 Å². The fraction of sp³-hybridized carbons (Fsp3) is 0.524. The number of likely N-dealkylation sites (tertiary alicyclic amines) is 1. The van der Waals surface area contributed by atoms with Crippen LogP contribution in [0.5, 0.6) is 11.5 Å². The molecule has 1 N–H and O–H groups in total. The van der Waals surface area contributed by atoms with Crippen molar-refractivity contribution in [1.82, 2.24) is 20.0 Å². The van der Waals surface area contributed by atoms with E-state index in [9.17, 15) is 4.79 Å². The number of benzene rings is 1. The Morgan fingerprint density at radius 1 is 1.14 bits per heavy atom. The second-order valence-corrected chi connectivity index (χ2v) is 7.45. The van der Waals surface area contributed by atoms with Gasteiger partial charge in [0.15, 0.2) is 11.5 Å². The number of carbonyl (C=O) groups is 1. The van der Waals surface area contributed by atoms with Crippen LogP contribution in [-0.4, -0.2) is 54.4 Å². The lowest BCUT2D eigenvalue weighted by Gasteiger charge is -2.25. The molecule has 1 amide bonds. The third kappa shape index (κ3) is 3.58. The maximum atomic E-state index is 13.2. The minimum atomic E-state index is -0.000182. The Morgan fingerprint density at radius 3 is 2.75 bits per heavy atom. The first-order valence-corrected chi connectivity index (χ1v) is 10.00. The summed E-state index contributed by atoms with van der Waals surface area (Å²) in [6.45, 7) is 2.72. The summed E-state index contributed by atoms with van der Waals surface area (Å²) in [4.78, 5) is 15.1. The molecule has 0 radical (unpaired) electrons. The molecular formula is C21H28N4O3. The molecule has 7 nitrogen and oxygen atoms in total. The van der Waals surface area contributed by atoms with E-state index in [1.165, 1.54) is 0 Å². The summed E-state index contributed by atoms with van der Waals surface area (Å²) in [6.07, 6.45) is 6.10. The summed E-state index contributed by atoms with van der Waals surface area (Å²) in [5, 5.41) is 8.01. The molecule has 2 aliphatic rings. The first kappa shape index (κ1) is 18.8. The highest BCUT2D eigenvalue weighted by atomic mass is 16.5. The number of hydrogen-bond acceptors (Lipinski definition) is 5. The fourth-order valence-electron chi connectivity index (χ4n) is 4.28. The SMILES string of the molecule is COc1ccc(C2CCCN2C(=O)c2ccn(C3CCCNC3)n2)cc1OC. The van der Waals surface area contributed by atoms with E-state index in [4.69, 9.17) is 9.47 Å². The lowest BCUT2D eigenvalue weighted by molar-refractivity contribution is 0.0728. The summed E-state index contributed by atoms with van der Waals surface area (Å²) in [7, 11) is 3.26. The molecule has 28 heavy (non-hydrogen) atoms. The molecule has 150 valence electrons. The number of aromatic nitrogens is 2. The predicted octanol–water partition coefficient (Wildman–Crippen LogP) is 2.80. The Balaban J connectivity index is 1.53. The van der Waals surface area contributed by atoms with E-state index in [0.29, 0.717) is 23.2 Å². The van der Waals surface area contributed by atoms with Gasteiger partial charge in [0.2, 0.25) is 0 Å². The lowest BCUT2D eigenvalue weighted by Crippen LogP contribution is -2.33. The molecule has 1 aromatic heterocycles. The van der Waals surface area contributed by atoms with E-state index in [0.717, 1.165) is 50.9 Å². The minimum Gasteiger partial charge on any atom is -0.493 e. The number of carbonyl (C=O) groups excluding carboxylic acids is 1. The molecule has 2 aromatic rings. The topological polar surface area (TPSA) is 68.6 Å². The molecule has 1 aromatic carbocycles. The fourth-order valence-corrected chi connectivity index (χ4v) is 4.28. The average molecular weight is 384 g/mol. The van der Waals surface area contributed by atoms with Crippen LogP contribution in [0.4, 0.5) is 0 Å². The van der Waals surface area contributed by atoms with Gasteiger partial charge >= 0.3 is 0 Å². The van der Waals surface area contributed by atoms with Gasteiger partial charge in [0.1, 0.15) is 5.69 Å². The number of hydrogen-bond donors (Lipinski definition) is 1. The Kier molecular flexibility index (Phi) is 5.52. The third-order valence-corrected chi connectivity index (χ3v) is 5.78. The molecular weight excluding hydrogens is 356 g/mol. The number of methoxy groups -OCH3 is 2. The van der Waals surface area contributed by atoms with Crippen LogP contribution in [0.15, 0.2) is 30.5 Å². The molecule has 2 fully saturated rings. The molecule has 0 saturated carbocycles. The highest BCUT2D eigenvalue weighted by Crippen LogP contribution is 2.37. The van der Waals surface area contributed by atoms with Gasteiger partial charge in [0.25, 0.3) is 5.91 Å². The Bertz CT molecular complexity index is 829. The van der Waals surface area contributed by atoms with Crippen LogP contribution < -0.4 is 14.8 Å². The molecule has 4 rings (SSSR count). The van der Waals surface area contributed by atoms with Gasteiger partial charge in [-0.25, -0.2) is 0 Å². The van der Waals surface area contributed by atoms with Crippen molar-refractivity contribution in [3.63, 3.8) is 0 Å². The second kappa shape index (κ2) is 8.22. The molecule has 2 aliphatic heterocycles. The zero-order valence-electron chi connectivity index (χ0n) is 16.6. The summed E-state index contributed by atoms with van der Waals surface area (Å²) in [6, 6.07) is 8.11. The van der Waals surface area contributed by atoms with Crippen molar-refractivity contribution in [2.45, 2.75) is 37.8 Å². The minimum absolute atomic E-state index is 0.000182. The molecule has 0 spiro atoms. The van der Waals surface area contributed by atoms with Crippen molar-refractivity contribution in [1.29, 1.82) is 0 Å². The Hall–Kier alpha value is -2.54. The predicted molar refractivity (Wildman–Crippen MR) is 106 cm³/mol. The van der Waals surface area contributed by atoms with Crippen LogP contribution in [0, 0.1) is 0 Å². The maximum Gasteiger partial charge on any atom is 0.274 e. The van der Waals surface area contributed by atoms with E-state index in [1.807, 2.05) is 40.0 Å². The van der Waals surface area contributed by atoms with Crippen LogP contribution in [0.2, 0.25) is 0 Å². The number of amides is 1. The van der Waals surface area contributed by atoms with Crippen molar-refractivity contribution in [3.8, 4) is 11.5 Å². The number of nitrogens with zero attached hydrogens (tertiary/aromatic N) is 3. The third-order valence-electron chi connectivity index (χ3n) is 5.78. The van der Waals surface area contributed by atoms with Gasteiger partial charge in [-0.3, -0.25) is 9.48 Å². The summed E-state index contributed by atoms with van der Waals surface area (Å²) >= 11 is 0. The van der Waals surface area contributed by atoms with Gasteiger partial charge < -0.3 is 19.7 Å². The normalized spacial score (nSPS) is 22.3. The highest BCUT2D eigenvalue weighted by Gasteiger charge is 2.32. The van der Waals surface area contributed by atoms with Crippen LogP contribution in [0.1, 0.15) is 53.8 Å². The standard InChI is InChI=1S/C21H28N4O3/c1-27-19-8-7-15(13-20(19)28-2)18-6-4-11-24(18)21(26)17-9-12-25(23-17)16-5-3-10-22-14-16/h7-9,12-13,16,18,22H,3-6,10-11,14H2,1-2H3. The van der Waals surface area contributed by atoms with Gasteiger partial charge in [0.05, 0.1) is 26.3 Å².